The maximum absolute atomic E-state index is 12.8. The molecule has 0 saturated carbocycles. The zero-order chi connectivity index (χ0) is 23.5. The van der Waals surface area contributed by atoms with Crippen LogP contribution in [0, 0.1) is 0 Å². The number of carbonyl (C=O) groups excluding carboxylic acids is 1. The number of ether oxygens (including phenoxy) is 4. The Balaban J connectivity index is 1.62. The molecule has 0 aliphatic carbocycles. The van der Waals surface area contributed by atoms with Crippen LogP contribution in [0.5, 0.6) is 23.0 Å². The summed E-state index contributed by atoms with van der Waals surface area (Å²) in [5, 5.41) is 3.15. The molecule has 3 aromatic carbocycles. The normalized spacial score (nSPS) is 10.5. The van der Waals surface area contributed by atoms with Crippen LogP contribution in [0.3, 0.4) is 0 Å². The van der Waals surface area contributed by atoms with Crippen LogP contribution >= 0.6 is 0 Å². The van der Waals surface area contributed by atoms with Crippen molar-refractivity contribution in [1.82, 2.24) is 5.32 Å². The molecular formula is C27H31NO5. The van der Waals surface area contributed by atoms with Gasteiger partial charge in [-0.05, 0) is 60.9 Å². The quantitative estimate of drug-likeness (QED) is 0.387. The predicted molar refractivity (Wildman–Crippen MR) is 128 cm³/mol. The summed E-state index contributed by atoms with van der Waals surface area (Å²) < 4.78 is 21.9. The standard InChI is InChI=1S/C27H31NO5/c1-4-32-24-8-5-6-9-25(24)33-19-7-10-26(29)28-27(20-11-15-22(30-2)16-12-20)21-13-17-23(31-3)18-14-21/h5-6,8-9,11-18,27H,4,7,10,19H2,1-3H3,(H,28,29). The molecule has 0 spiro atoms. The summed E-state index contributed by atoms with van der Waals surface area (Å²) in [4.78, 5) is 12.8. The van der Waals surface area contributed by atoms with Gasteiger partial charge in [-0.15, -0.1) is 0 Å². The van der Waals surface area contributed by atoms with Gasteiger partial charge in [-0.25, -0.2) is 0 Å². The smallest absolute Gasteiger partial charge is 0.220 e. The summed E-state index contributed by atoms with van der Waals surface area (Å²) in [6.07, 6.45) is 0.934. The second-order valence-electron chi connectivity index (χ2n) is 7.38. The second-order valence-corrected chi connectivity index (χ2v) is 7.38. The van der Waals surface area contributed by atoms with E-state index in [9.17, 15) is 4.79 Å². The second kappa shape index (κ2) is 12.4. The van der Waals surface area contributed by atoms with Crippen LogP contribution in [0.15, 0.2) is 72.8 Å². The average Bonchev–Trinajstić information content (AvgIpc) is 2.86. The first-order valence-electron chi connectivity index (χ1n) is 11.1. The highest BCUT2D eigenvalue weighted by Crippen LogP contribution is 2.27. The minimum atomic E-state index is -0.283. The van der Waals surface area contributed by atoms with E-state index in [4.69, 9.17) is 18.9 Å². The molecular weight excluding hydrogens is 418 g/mol. The molecule has 3 rings (SSSR count). The molecule has 0 unspecified atom stereocenters. The lowest BCUT2D eigenvalue weighted by molar-refractivity contribution is -0.121. The maximum Gasteiger partial charge on any atom is 0.220 e. The zero-order valence-electron chi connectivity index (χ0n) is 19.4. The SMILES string of the molecule is CCOc1ccccc1OCCCC(=O)NC(c1ccc(OC)cc1)c1ccc(OC)cc1. The van der Waals surface area contributed by atoms with E-state index in [1.54, 1.807) is 14.2 Å². The van der Waals surface area contributed by atoms with Crippen molar-refractivity contribution < 1.29 is 23.7 Å². The van der Waals surface area contributed by atoms with Crippen LogP contribution in [-0.4, -0.2) is 33.3 Å². The Bertz CT molecular complexity index is 954. The third-order valence-corrected chi connectivity index (χ3v) is 5.16. The van der Waals surface area contributed by atoms with Gasteiger partial charge in [0, 0.05) is 6.42 Å². The van der Waals surface area contributed by atoms with E-state index in [2.05, 4.69) is 5.32 Å². The third kappa shape index (κ3) is 6.91. The van der Waals surface area contributed by atoms with Crippen molar-refractivity contribution in [2.24, 2.45) is 0 Å². The monoisotopic (exact) mass is 449 g/mol. The average molecular weight is 450 g/mol. The molecule has 0 aliphatic rings. The molecule has 174 valence electrons. The number of methoxy groups -OCH3 is 2. The fourth-order valence-electron chi connectivity index (χ4n) is 3.44. The van der Waals surface area contributed by atoms with Crippen LogP contribution in [-0.2, 0) is 4.79 Å². The summed E-state index contributed by atoms with van der Waals surface area (Å²) in [7, 11) is 3.26. The molecule has 6 heteroatoms. The van der Waals surface area contributed by atoms with Gasteiger partial charge in [0.25, 0.3) is 0 Å². The summed E-state index contributed by atoms with van der Waals surface area (Å²) in [5.74, 6) is 2.89. The number of para-hydroxylation sites is 2. The fraction of sp³-hybridized carbons (Fsp3) is 0.296. The molecule has 1 N–H and O–H groups in total. The molecule has 0 saturated heterocycles. The van der Waals surface area contributed by atoms with E-state index in [0.29, 0.717) is 37.6 Å². The highest BCUT2D eigenvalue weighted by Gasteiger charge is 2.17. The van der Waals surface area contributed by atoms with E-state index >= 15 is 0 Å². The first kappa shape index (κ1) is 24.0. The van der Waals surface area contributed by atoms with E-state index in [-0.39, 0.29) is 11.9 Å². The van der Waals surface area contributed by atoms with Crippen molar-refractivity contribution >= 4 is 5.91 Å². The molecule has 6 nitrogen and oxygen atoms in total. The largest absolute Gasteiger partial charge is 0.497 e. The predicted octanol–water partition coefficient (Wildman–Crippen LogP) is 5.17. The van der Waals surface area contributed by atoms with Gasteiger partial charge in [0.1, 0.15) is 11.5 Å². The molecule has 0 radical (unpaired) electrons. The van der Waals surface area contributed by atoms with Gasteiger partial charge in [0.05, 0.1) is 33.5 Å². The van der Waals surface area contributed by atoms with Crippen molar-refractivity contribution in [2.45, 2.75) is 25.8 Å². The lowest BCUT2D eigenvalue weighted by Crippen LogP contribution is -2.29. The molecule has 33 heavy (non-hydrogen) atoms. The Morgan fingerprint density at radius 3 is 1.79 bits per heavy atom. The number of rotatable bonds is 12. The summed E-state index contributed by atoms with van der Waals surface area (Å²) >= 11 is 0. The van der Waals surface area contributed by atoms with E-state index in [0.717, 1.165) is 22.6 Å². The van der Waals surface area contributed by atoms with Gasteiger partial charge < -0.3 is 24.3 Å². The van der Waals surface area contributed by atoms with Gasteiger partial charge in [-0.2, -0.15) is 0 Å². The van der Waals surface area contributed by atoms with Gasteiger partial charge in [-0.1, -0.05) is 36.4 Å². The number of carbonyl (C=O) groups is 1. The van der Waals surface area contributed by atoms with Crippen LogP contribution in [0.4, 0.5) is 0 Å². The molecule has 0 atom stereocenters. The molecule has 0 fully saturated rings. The molecule has 0 heterocycles. The van der Waals surface area contributed by atoms with Crippen LogP contribution in [0.1, 0.15) is 36.9 Å². The van der Waals surface area contributed by atoms with E-state index in [1.807, 2.05) is 79.7 Å². The number of nitrogens with one attached hydrogen (secondary N) is 1. The van der Waals surface area contributed by atoms with Gasteiger partial charge in [-0.3, -0.25) is 4.79 Å². The maximum atomic E-state index is 12.8. The van der Waals surface area contributed by atoms with Crippen LogP contribution in [0.25, 0.3) is 0 Å². The zero-order valence-corrected chi connectivity index (χ0v) is 19.4. The number of hydrogen-bond acceptors (Lipinski definition) is 5. The lowest BCUT2D eigenvalue weighted by atomic mass is 9.98. The van der Waals surface area contributed by atoms with Gasteiger partial charge >= 0.3 is 0 Å². The van der Waals surface area contributed by atoms with Crippen molar-refractivity contribution in [3.05, 3.63) is 83.9 Å². The fourth-order valence-corrected chi connectivity index (χ4v) is 3.44. The van der Waals surface area contributed by atoms with E-state index in [1.165, 1.54) is 0 Å². The Hall–Kier alpha value is -3.67. The first-order valence-corrected chi connectivity index (χ1v) is 11.1. The minimum Gasteiger partial charge on any atom is -0.497 e. The molecule has 0 bridgehead atoms. The number of amides is 1. The summed E-state index contributed by atoms with van der Waals surface area (Å²) in [6, 6.07) is 22.7. The topological polar surface area (TPSA) is 66.0 Å². The first-order chi connectivity index (χ1) is 16.1. The van der Waals surface area contributed by atoms with Crippen LogP contribution < -0.4 is 24.3 Å². The molecule has 1 amide bonds. The molecule has 0 aromatic heterocycles. The third-order valence-electron chi connectivity index (χ3n) is 5.16. The molecule has 3 aromatic rings. The van der Waals surface area contributed by atoms with Crippen molar-refractivity contribution in [1.29, 1.82) is 0 Å². The summed E-state index contributed by atoms with van der Waals surface area (Å²) in [6.45, 7) is 2.93. The Morgan fingerprint density at radius 2 is 1.30 bits per heavy atom. The van der Waals surface area contributed by atoms with Gasteiger partial charge in [0.2, 0.25) is 5.91 Å². The van der Waals surface area contributed by atoms with Crippen molar-refractivity contribution in [3.8, 4) is 23.0 Å². The van der Waals surface area contributed by atoms with Crippen molar-refractivity contribution in [3.63, 3.8) is 0 Å². The Morgan fingerprint density at radius 1 is 0.788 bits per heavy atom. The minimum absolute atomic E-state index is 0.0478. The Kier molecular flexibility index (Phi) is 9.00. The number of benzene rings is 3. The number of hydrogen-bond donors (Lipinski definition) is 1. The van der Waals surface area contributed by atoms with Crippen molar-refractivity contribution in [2.75, 3.05) is 27.4 Å². The van der Waals surface area contributed by atoms with Gasteiger partial charge in [0.15, 0.2) is 11.5 Å². The Labute approximate surface area is 195 Å². The molecule has 0 aliphatic heterocycles. The summed E-state index contributed by atoms with van der Waals surface area (Å²) in [5.41, 5.74) is 1.94. The van der Waals surface area contributed by atoms with E-state index < -0.39 is 0 Å². The highest BCUT2D eigenvalue weighted by atomic mass is 16.5. The lowest BCUT2D eigenvalue weighted by Gasteiger charge is -2.20. The highest BCUT2D eigenvalue weighted by molar-refractivity contribution is 5.77. The van der Waals surface area contributed by atoms with Crippen LogP contribution in [0.2, 0.25) is 0 Å².